The van der Waals surface area contributed by atoms with Crippen molar-refractivity contribution in [1.29, 1.82) is 0 Å². The van der Waals surface area contributed by atoms with Crippen LogP contribution in [0.25, 0.3) is 16.4 Å². The van der Waals surface area contributed by atoms with E-state index in [9.17, 15) is 5.11 Å². The number of benzene rings is 1. The van der Waals surface area contributed by atoms with Crippen molar-refractivity contribution in [2.24, 2.45) is 0 Å². The summed E-state index contributed by atoms with van der Waals surface area (Å²) in [5.74, 6) is 0. The predicted octanol–water partition coefficient (Wildman–Crippen LogP) is 2.12. The molecule has 1 atom stereocenters. The minimum absolute atomic E-state index is 0.501. The summed E-state index contributed by atoms with van der Waals surface area (Å²) in [6, 6.07) is 10.1. The minimum Gasteiger partial charge on any atom is -0.363 e. The van der Waals surface area contributed by atoms with E-state index in [1.807, 2.05) is 22.6 Å². The van der Waals surface area contributed by atoms with Gasteiger partial charge < -0.3 is 14.2 Å². The Morgan fingerprint density at radius 2 is 2.18 bits per heavy atom. The van der Waals surface area contributed by atoms with Crippen molar-refractivity contribution >= 4 is 16.4 Å². The Balaban J connectivity index is 2.30. The van der Waals surface area contributed by atoms with Gasteiger partial charge in [0.25, 0.3) is 0 Å². The summed E-state index contributed by atoms with van der Waals surface area (Å²) in [7, 11) is 1.45. The lowest BCUT2D eigenvalue weighted by Gasteiger charge is -2.08. The molecule has 1 N–H and O–H groups in total. The number of para-hydroxylation sites is 1. The van der Waals surface area contributed by atoms with Gasteiger partial charge in [-0.05, 0) is 12.1 Å². The molecule has 0 aliphatic rings. The van der Waals surface area contributed by atoms with Crippen molar-refractivity contribution in [3.63, 3.8) is 0 Å². The number of aliphatic hydroxyl groups excluding tert-OH is 1. The van der Waals surface area contributed by atoms with Gasteiger partial charge in [-0.25, -0.2) is 0 Å². The number of ether oxygens (including phenoxy) is 1. The van der Waals surface area contributed by atoms with Gasteiger partial charge in [0.1, 0.15) is 5.69 Å². The van der Waals surface area contributed by atoms with Gasteiger partial charge in [0.05, 0.1) is 17.2 Å². The van der Waals surface area contributed by atoms with Gasteiger partial charge >= 0.3 is 0 Å². The third-order valence-electron chi connectivity index (χ3n) is 2.86. The molecule has 0 spiro atoms. The molecule has 0 amide bonds. The van der Waals surface area contributed by atoms with Crippen LogP contribution in [0.4, 0.5) is 0 Å². The highest BCUT2D eigenvalue weighted by atomic mass is 16.6. The molecule has 0 aliphatic carbocycles. The number of aliphatic hydroxyl groups is 1. The summed E-state index contributed by atoms with van der Waals surface area (Å²) >= 11 is 0. The normalized spacial score (nSPS) is 13.3. The maximum absolute atomic E-state index is 9.60. The van der Waals surface area contributed by atoms with E-state index in [4.69, 9.17) is 4.74 Å². The first-order chi connectivity index (χ1) is 8.29. The molecule has 0 fully saturated rings. The van der Waals surface area contributed by atoms with Crippen molar-refractivity contribution in [1.82, 2.24) is 9.38 Å². The van der Waals surface area contributed by atoms with Crippen LogP contribution in [0.1, 0.15) is 12.0 Å². The number of fused-ring (bicyclic) bond motifs is 3. The fourth-order valence-corrected chi connectivity index (χ4v) is 2.00. The standard InChI is InChI=1S/C13H12N2O2/c1-17-13(16)11-8-15-10(7-14-11)6-9-4-2-3-5-12(9)15/h2-8,13,16H,1H3. The first-order valence-corrected chi connectivity index (χ1v) is 5.36. The maximum Gasteiger partial charge on any atom is 0.199 e. The molecule has 4 nitrogen and oxygen atoms in total. The summed E-state index contributed by atoms with van der Waals surface area (Å²) in [6.45, 7) is 0. The van der Waals surface area contributed by atoms with Crippen LogP contribution < -0.4 is 0 Å². The Morgan fingerprint density at radius 3 is 3.00 bits per heavy atom. The van der Waals surface area contributed by atoms with E-state index in [-0.39, 0.29) is 0 Å². The lowest BCUT2D eigenvalue weighted by molar-refractivity contribution is -0.0801. The highest BCUT2D eigenvalue weighted by Gasteiger charge is 2.09. The molecule has 86 valence electrons. The molecule has 0 radical (unpaired) electrons. The molecule has 0 aliphatic heterocycles. The number of rotatable bonds is 2. The zero-order valence-electron chi connectivity index (χ0n) is 9.37. The smallest absolute Gasteiger partial charge is 0.199 e. The second kappa shape index (κ2) is 3.84. The topological polar surface area (TPSA) is 46.8 Å². The number of aromatic nitrogens is 2. The number of nitrogens with zero attached hydrogens (tertiary/aromatic N) is 2. The summed E-state index contributed by atoms with van der Waals surface area (Å²) in [5.41, 5.74) is 2.59. The van der Waals surface area contributed by atoms with E-state index < -0.39 is 6.29 Å². The molecule has 2 aromatic heterocycles. The van der Waals surface area contributed by atoms with Crippen LogP contribution in [0, 0.1) is 0 Å². The average molecular weight is 228 g/mol. The molecule has 0 bridgehead atoms. The second-order valence-corrected chi connectivity index (χ2v) is 3.90. The zero-order chi connectivity index (χ0) is 11.8. The molecule has 3 rings (SSSR count). The maximum atomic E-state index is 9.60. The molecule has 2 heterocycles. The van der Waals surface area contributed by atoms with Gasteiger partial charge in [0.2, 0.25) is 0 Å². The predicted molar refractivity (Wildman–Crippen MR) is 64.7 cm³/mol. The van der Waals surface area contributed by atoms with E-state index in [0.29, 0.717) is 5.69 Å². The molecular formula is C13H12N2O2. The van der Waals surface area contributed by atoms with E-state index in [2.05, 4.69) is 17.1 Å². The summed E-state index contributed by atoms with van der Waals surface area (Å²) in [4.78, 5) is 4.18. The largest absolute Gasteiger partial charge is 0.363 e. The average Bonchev–Trinajstić information content (AvgIpc) is 2.75. The van der Waals surface area contributed by atoms with E-state index in [1.165, 1.54) is 7.11 Å². The number of hydrogen-bond donors (Lipinski definition) is 1. The van der Waals surface area contributed by atoms with E-state index in [0.717, 1.165) is 16.4 Å². The van der Waals surface area contributed by atoms with Crippen LogP contribution in [0.3, 0.4) is 0 Å². The summed E-state index contributed by atoms with van der Waals surface area (Å²) in [5, 5.41) is 10.8. The molecular weight excluding hydrogens is 216 g/mol. The lowest BCUT2D eigenvalue weighted by atomic mass is 10.2. The molecule has 1 unspecified atom stereocenters. The third kappa shape index (κ3) is 1.58. The Bertz CT molecular complexity index is 675. The summed E-state index contributed by atoms with van der Waals surface area (Å²) < 4.78 is 6.85. The van der Waals surface area contributed by atoms with Crippen molar-refractivity contribution in [2.45, 2.75) is 6.29 Å². The molecule has 4 heteroatoms. The monoisotopic (exact) mass is 228 g/mol. The van der Waals surface area contributed by atoms with Crippen LogP contribution in [0.5, 0.6) is 0 Å². The quantitative estimate of drug-likeness (QED) is 0.683. The van der Waals surface area contributed by atoms with Gasteiger partial charge in [-0.2, -0.15) is 0 Å². The number of methoxy groups -OCH3 is 1. The Morgan fingerprint density at radius 1 is 1.35 bits per heavy atom. The third-order valence-corrected chi connectivity index (χ3v) is 2.86. The van der Waals surface area contributed by atoms with Crippen LogP contribution in [0.2, 0.25) is 0 Å². The van der Waals surface area contributed by atoms with Gasteiger partial charge in [0, 0.05) is 18.7 Å². The van der Waals surface area contributed by atoms with Gasteiger partial charge in [-0.1, -0.05) is 18.2 Å². The first kappa shape index (κ1) is 10.3. The molecule has 0 saturated heterocycles. The second-order valence-electron chi connectivity index (χ2n) is 3.90. The summed E-state index contributed by atoms with van der Waals surface area (Å²) in [6.07, 6.45) is 2.55. The van der Waals surface area contributed by atoms with Crippen molar-refractivity contribution < 1.29 is 9.84 Å². The fourth-order valence-electron chi connectivity index (χ4n) is 2.00. The molecule has 17 heavy (non-hydrogen) atoms. The Labute approximate surface area is 98.1 Å². The molecule has 3 aromatic rings. The van der Waals surface area contributed by atoms with Crippen LogP contribution in [0.15, 0.2) is 42.7 Å². The van der Waals surface area contributed by atoms with Crippen molar-refractivity contribution in [2.75, 3.05) is 7.11 Å². The number of hydrogen-bond acceptors (Lipinski definition) is 3. The van der Waals surface area contributed by atoms with Crippen molar-refractivity contribution in [3.8, 4) is 0 Å². The lowest BCUT2D eigenvalue weighted by Crippen LogP contribution is -2.03. The first-order valence-electron chi connectivity index (χ1n) is 5.36. The van der Waals surface area contributed by atoms with Gasteiger partial charge in [-0.15, -0.1) is 0 Å². The molecule has 1 aromatic carbocycles. The zero-order valence-corrected chi connectivity index (χ0v) is 9.37. The van der Waals surface area contributed by atoms with Crippen LogP contribution >= 0.6 is 0 Å². The minimum atomic E-state index is -0.986. The highest BCUT2D eigenvalue weighted by Crippen LogP contribution is 2.21. The highest BCUT2D eigenvalue weighted by molar-refractivity contribution is 5.86. The van der Waals surface area contributed by atoms with E-state index in [1.54, 1.807) is 12.4 Å². The van der Waals surface area contributed by atoms with Crippen molar-refractivity contribution in [3.05, 3.63) is 48.4 Å². The van der Waals surface area contributed by atoms with E-state index >= 15 is 0 Å². The van der Waals surface area contributed by atoms with Gasteiger partial charge in [0.15, 0.2) is 6.29 Å². The van der Waals surface area contributed by atoms with Crippen LogP contribution in [-0.2, 0) is 4.74 Å². The fraction of sp³-hybridized carbons (Fsp3) is 0.154. The molecule has 0 saturated carbocycles. The van der Waals surface area contributed by atoms with Crippen LogP contribution in [-0.4, -0.2) is 21.6 Å². The van der Waals surface area contributed by atoms with Gasteiger partial charge in [-0.3, -0.25) is 4.98 Å². The Kier molecular flexibility index (Phi) is 2.31. The Hall–Kier alpha value is -1.91. The SMILES string of the molecule is COC(O)c1cn2c(cn1)cc1ccccc12.